The van der Waals surface area contributed by atoms with Crippen LogP contribution in [-0.4, -0.2) is 23.3 Å². The average molecular weight is 559 g/mol. The van der Waals surface area contributed by atoms with Crippen molar-refractivity contribution in [2.45, 2.75) is 15.7 Å². The van der Waals surface area contributed by atoms with Crippen LogP contribution < -0.4 is 15.8 Å². The fourth-order valence-electron chi connectivity index (χ4n) is 4.24. The maximum absolute atomic E-state index is 12.8. The first-order chi connectivity index (χ1) is 16.0. The molecule has 1 fully saturated rings. The normalized spacial score (nSPS) is 20.5. The molecule has 0 radical (unpaired) electrons. The Morgan fingerprint density at radius 2 is 1.65 bits per heavy atom. The molecule has 0 spiro atoms. The Morgan fingerprint density at radius 3 is 2.26 bits per heavy atom. The molecule has 1 aliphatic rings. The number of carbonyl (C=O) groups is 2. The van der Waals surface area contributed by atoms with Gasteiger partial charge in [0.05, 0.1) is 17.8 Å². The molecule has 3 N–H and O–H groups in total. The van der Waals surface area contributed by atoms with E-state index in [1.54, 1.807) is 48.5 Å². The Bertz CT molecular complexity index is 1290. The van der Waals surface area contributed by atoms with Crippen LogP contribution in [0.25, 0.3) is 0 Å². The number of nitrogens with two attached hydrogens (primary N) is 1. The number of ether oxygens (including phenoxy) is 1. The highest BCUT2D eigenvalue weighted by Crippen LogP contribution is 2.74. The molecule has 3 aromatic rings. The molecule has 1 saturated carbocycles. The summed E-state index contributed by atoms with van der Waals surface area (Å²) in [6.07, 6.45) is 0. The van der Waals surface area contributed by atoms with Gasteiger partial charge in [-0.2, -0.15) is 0 Å². The molecular weight excluding hydrogens is 542 g/mol. The standard InChI is InChI=1S/C24H17Cl5N2O3/c1-34-17-4-2-3-12(9-17)21(32)31-19-10-14(5-6-18(19)27)23(22(30)33)20(24(23,28)29)13-7-15(25)11-16(26)8-13/h2-11,20H,1H3,(H2,30,33)(H,31,32). The van der Waals surface area contributed by atoms with Crippen LogP contribution >= 0.6 is 58.0 Å². The SMILES string of the molecule is COc1cccc(C(=O)Nc2cc(C3(C(N)=O)C(c4cc(Cl)cc(Cl)c4)C3(Cl)Cl)ccc2Cl)c1. The van der Waals surface area contributed by atoms with Crippen LogP contribution in [0.15, 0.2) is 60.7 Å². The van der Waals surface area contributed by atoms with Gasteiger partial charge in [0.25, 0.3) is 5.91 Å². The zero-order chi connectivity index (χ0) is 24.8. The zero-order valence-electron chi connectivity index (χ0n) is 17.5. The number of hydrogen-bond acceptors (Lipinski definition) is 3. The van der Waals surface area contributed by atoms with Crippen LogP contribution in [0.1, 0.15) is 27.4 Å². The van der Waals surface area contributed by atoms with Crippen molar-refractivity contribution in [2.75, 3.05) is 12.4 Å². The molecule has 10 heteroatoms. The molecule has 0 bridgehead atoms. The van der Waals surface area contributed by atoms with Crippen molar-refractivity contribution in [2.24, 2.45) is 5.73 Å². The lowest BCUT2D eigenvalue weighted by atomic mass is 9.89. The molecule has 0 heterocycles. The predicted octanol–water partition coefficient (Wildman–Crippen LogP) is 6.60. The van der Waals surface area contributed by atoms with Crippen LogP contribution in [0.3, 0.4) is 0 Å². The summed E-state index contributed by atoms with van der Waals surface area (Å²) >= 11 is 32.0. The highest BCUT2D eigenvalue weighted by Gasteiger charge is 2.80. The second-order valence-electron chi connectivity index (χ2n) is 7.81. The number of carbonyl (C=O) groups excluding carboxylic acids is 2. The Balaban J connectivity index is 1.75. The number of halogens is 5. The molecule has 2 atom stereocenters. The Hall–Kier alpha value is -2.15. The minimum Gasteiger partial charge on any atom is -0.497 e. The second kappa shape index (κ2) is 9.14. The van der Waals surface area contributed by atoms with Gasteiger partial charge >= 0.3 is 0 Å². The highest BCUT2D eigenvalue weighted by atomic mass is 35.5. The van der Waals surface area contributed by atoms with Crippen molar-refractivity contribution >= 4 is 75.5 Å². The number of methoxy groups -OCH3 is 1. The molecular formula is C24H17Cl5N2O3. The number of primary amides is 1. The van der Waals surface area contributed by atoms with E-state index in [-0.39, 0.29) is 10.7 Å². The van der Waals surface area contributed by atoms with E-state index in [1.165, 1.54) is 19.2 Å². The van der Waals surface area contributed by atoms with Gasteiger partial charge in [-0.1, -0.05) is 70.1 Å². The molecule has 5 nitrogen and oxygen atoms in total. The number of alkyl halides is 2. The summed E-state index contributed by atoms with van der Waals surface area (Å²) in [5, 5.41) is 3.72. The lowest BCUT2D eigenvalue weighted by Gasteiger charge is -2.18. The quantitative estimate of drug-likeness (QED) is 0.335. The van der Waals surface area contributed by atoms with Gasteiger partial charge in [-0.25, -0.2) is 0 Å². The van der Waals surface area contributed by atoms with Gasteiger partial charge in [-0.15, -0.1) is 0 Å². The fraction of sp³-hybridized carbons (Fsp3) is 0.167. The van der Waals surface area contributed by atoms with Crippen LogP contribution in [0.5, 0.6) is 5.75 Å². The van der Waals surface area contributed by atoms with Gasteiger partial charge in [-0.05, 0) is 59.7 Å². The lowest BCUT2D eigenvalue weighted by molar-refractivity contribution is -0.120. The van der Waals surface area contributed by atoms with E-state index in [2.05, 4.69) is 5.32 Å². The molecule has 1 aliphatic carbocycles. The Kier molecular flexibility index (Phi) is 6.71. The summed E-state index contributed by atoms with van der Waals surface area (Å²) in [6, 6.07) is 16.1. The smallest absolute Gasteiger partial charge is 0.255 e. The van der Waals surface area contributed by atoms with E-state index in [4.69, 9.17) is 68.5 Å². The maximum atomic E-state index is 12.8. The topological polar surface area (TPSA) is 81.4 Å². The van der Waals surface area contributed by atoms with Crippen molar-refractivity contribution in [3.8, 4) is 5.75 Å². The van der Waals surface area contributed by atoms with Gasteiger partial charge in [0, 0.05) is 21.5 Å². The zero-order valence-corrected chi connectivity index (χ0v) is 21.3. The average Bonchev–Trinajstić information content (AvgIpc) is 3.32. The first-order valence-corrected chi connectivity index (χ1v) is 11.8. The summed E-state index contributed by atoms with van der Waals surface area (Å²) in [5.41, 5.74) is 5.89. The number of hydrogen-bond donors (Lipinski definition) is 2. The minimum atomic E-state index is -1.59. The van der Waals surface area contributed by atoms with E-state index in [9.17, 15) is 9.59 Å². The molecule has 176 valence electrons. The van der Waals surface area contributed by atoms with Gasteiger partial charge in [0.2, 0.25) is 5.91 Å². The number of amides is 2. The Labute approximate surface area is 221 Å². The lowest BCUT2D eigenvalue weighted by Crippen LogP contribution is -2.34. The van der Waals surface area contributed by atoms with E-state index in [0.29, 0.717) is 32.5 Å². The second-order valence-corrected chi connectivity index (χ2v) is 10.5. The molecule has 3 aromatic carbocycles. The monoisotopic (exact) mass is 556 g/mol. The van der Waals surface area contributed by atoms with Crippen LogP contribution in [0.2, 0.25) is 15.1 Å². The molecule has 0 aliphatic heterocycles. The van der Waals surface area contributed by atoms with Gasteiger partial charge in [0.15, 0.2) is 0 Å². The number of nitrogens with one attached hydrogen (secondary N) is 1. The van der Waals surface area contributed by atoms with Crippen LogP contribution in [0.4, 0.5) is 5.69 Å². The first kappa shape index (κ1) is 25.0. The molecule has 0 aromatic heterocycles. The first-order valence-electron chi connectivity index (χ1n) is 9.91. The number of rotatable bonds is 6. The van der Waals surface area contributed by atoms with Crippen LogP contribution in [0, 0.1) is 0 Å². The predicted molar refractivity (Wildman–Crippen MR) is 137 cm³/mol. The third kappa shape index (κ3) is 4.10. The van der Waals surface area contributed by atoms with E-state index in [0.717, 1.165) is 0 Å². The third-order valence-corrected chi connectivity index (χ3v) is 7.65. The van der Waals surface area contributed by atoms with Crippen molar-refractivity contribution in [3.63, 3.8) is 0 Å². The number of benzene rings is 3. The number of anilines is 1. The van der Waals surface area contributed by atoms with Crippen molar-refractivity contribution in [3.05, 3.63) is 92.4 Å². The van der Waals surface area contributed by atoms with Crippen molar-refractivity contribution in [1.82, 2.24) is 0 Å². The summed E-state index contributed by atoms with van der Waals surface area (Å²) in [6.45, 7) is 0. The fourth-order valence-corrected chi connectivity index (χ4v) is 6.04. The van der Waals surface area contributed by atoms with E-state index < -0.39 is 27.5 Å². The van der Waals surface area contributed by atoms with E-state index >= 15 is 0 Å². The largest absolute Gasteiger partial charge is 0.497 e. The maximum Gasteiger partial charge on any atom is 0.255 e. The van der Waals surface area contributed by atoms with Gasteiger partial charge < -0.3 is 15.8 Å². The molecule has 0 saturated heterocycles. The summed E-state index contributed by atoms with van der Waals surface area (Å²) in [4.78, 5) is 25.7. The minimum absolute atomic E-state index is 0.248. The third-order valence-electron chi connectivity index (χ3n) is 5.85. The summed E-state index contributed by atoms with van der Waals surface area (Å²) in [5.74, 6) is -1.38. The summed E-state index contributed by atoms with van der Waals surface area (Å²) < 4.78 is 3.58. The summed E-state index contributed by atoms with van der Waals surface area (Å²) in [7, 11) is 1.50. The molecule has 34 heavy (non-hydrogen) atoms. The van der Waals surface area contributed by atoms with E-state index in [1.807, 2.05) is 0 Å². The highest BCUT2D eigenvalue weighted by molar-refractivity contribution is 6.55. The molecule has 2 unspecified atom stereocenters. The van der Waals surface area contributed by atoms with Gasteiger partial charge in [-0.3, -0.25) is 9.59 Å². The van der Waals surface area contributed by atoms with Gasteiger partial charge in [0.1, 0.15) is 15.5 Å². The van der Waals surface area contributed by atoms with Crippen LogP contribution in [-0.2, 0) is 10.2 Å². The molecule has 2 amide bonds. The van der Waals surface area contributed by atoms with Crippen molar-refractivity contribution < 1.29 is 14.3 Å². The Morgan fingerprint density at radius 1 is 0.971 bits per heavy atom. The molecule has 4 rings (SSSR count). The van der Waals surface area contributed by atoms with Crippen molar-refractivity contribution in [1.29, 1.82) is 0 Å².